The Hall–Kier alpha value is -1.14. The van der Waals surface area contributed by atoms with Crippen LogP contribution in [0.4, 0.5) is 5.13 Å². The lowest BCUT2D eigenvalue weighted by molar-refractivity contribution is -0.138. The first-order chi connectivity index (χ1) is 7.85. The van der Waals surface area contributed by atoms with Crippen molar-refractivity contribution < 1.29 is 9.90 Å². The topological polar surface area (TPSA) is 88.2 Å². The summed E-state index contributed by atoms with van der Waals surface area (Å²) in [4.78, 5) is 14.9. The number of rotatable bonds is 6. The Morgan fingerprint density at radius 2 is 2.35 bits per heavy atom. The Morgan fingerprint density at radius 3 is 2.88 bits per heavy atom. The highest BCUT2D eigenvalue weighted by atomic mass is 32.1. The summed E-state index contributed by atoms with van der Waals surface area (Å²) in [5.74, 6) is -1.06. The molecule has 0 saturated carbocycles. The first kappa shape index (κ1) is 13.9. The van der Waals surface area contributed by atoms with Crippen molar-refractivity contribution >= 4 is 22.4 Å². The maximum atomic E-state index is 10.7. The zero-order valence-electron chi connectivity index (χ0n) is 10.4. The second-order valence-electron chi connectivity index (χ2n) is 4.76. The molecule has 0 radical (unpaired) electrons. The van der Waals surface area contributed by atoms with Gasteiger partial charge in [0.05, 0.1) is 5.69 Å². The number of aromatic nitrogens is 1. The van der Waals surface area contributed by atoms with Gasteiger partial charge < -0.3 is 16.2 Å². The Kier molecular flexibility index (Phi) is 4.47. The van der Waals surface area contributed by atoms with Gasteiger partial charge in [-0.05, 0) is 11.8 Å². The SMILES string of the molecule is CCC(C)(C)CNc1nc(C(N)C(=O)O)cs1. The van der Waals surface area contributed by atoms with E-state index in [-0.39, 0.29) is 5.41 Å². The Balaban J connectivity index is 2.60. The summed E-state index contributed by atoms with van der Waals surface area (Å²) in [6.45, 7) is 7.27. The molecular weight excluding hydrogens is 238 g/mol. The summed E-state index contributed by atoms with van der Waals surface area (Å²) in [7, 11) is 0. The molecule has 0 aromatic carbocycles. The van der Waals surface area contributed by atoms with Gasteiger partial charge in [0.25, 0.3) is 0 Å². The van der Waals surface area contributed by atoms with Crippen molar-refractivity contribution in [3.8, 4) is 0 Å². The van der Waals surface area contributed by atoms with Crippen molar-refractivity contribution in [2.75, 3.05) is 11.9 Å². The molecule has 0 bridgehead atoms. The van der Waals surface area contributed by atoms with Crippen LogP contribution in [0.2, 0.25) is 0 Å². The highest BCUT2D eigenvalue weighted by Crippen LogP contribution is 2.23. The zero-order chi connectivity index (χ0) is 13.1. The predicted octanol–water partition coefficient (Wildman–Crippen LogP) is 2.08. The van der Waals surface area contributed by atoms with E-state index in [0.29, 0.717) is 5.69 Å². The van der Waals surface area contributed by atoms with Gasteiger partial charge in [-0.25, -0.2) is 4.98 Å². The van der Waals surface area contributed by atoms with Crippen LogP contribution in [-0.4, -0.2) is 22.6 Å². The van der Waals surface area contributed by atoms with E-state index in [1.807, 2.05) is 0 Å². The molecule has 0 saturated heterocycles. The van der Waals surface area contributed by atoms with E-state index in [1.54, 1.807) is 5.38 Å². The number of nitrogens with two attached hydrogens (primary N) is 1. The van der Waals surface area contributed by atoms with Crippen LogP contribution in [0.3, 0.4) is 0 Å². The van der Waals surface area contributed by atoms with E-state index in [4.69, 9.17) is 10.8 Å². The molecule has 17 heavy (non-hydrogen) atoms. The van der Waals surface area contributed by atoms with E-state index < -0.39 is 12.0 Å². The number of nitrogens with one attached hydrogen (secondary N) is 1. The van der Waals surface area contributed by atoms with Crippen LogP contribution in [0.25, 0.3) is 0 Å². The lowest BCUT2D eigenvalue weighted by Crippen LogP contribution is -2.23. The number of carboxylic acid groups (broad SMARTS) is 1. The van der Waals surface area contributed by atoms with Crippen molar-refractivity contribution in [3.63, 3.8) is 0 Å². The van der Waals surface area contributed by atoms with Crippen molar-refractivity contribution in [3.05, 3.63) is 11.1 Å². The van der Waals surface area contributed by atoms with Crippen LogP contribution in [-0.2, 0) is 4.79 Å². The molecule has 1 heterocycles. The maximum absolute atomic E-state index is 10.7. The second-order valence-corrected chi connectivity index (χ2v) is 5.62. The molecule has 1 aromatic rings. The Bertz CT molecular complexity index is 390. The molecule has 0 spiro atoms. The van der Waals surface area contributed by atoms with Gasteiger partial charge in [-0.15, -0.1) is 11.3 Å². The normalized spacial score (nSPS) is 13.4. The number of anilines is 1. The zero-order valence-corrected chi connectivity index (χ0v) is 11.2. The van der Waals surface area contributed by atoms with Crippen molar-refractivity contribution in [2.24, 2.45) is 11.1 Å². The third-order valence-corrected chi connectivity index (χ3v) is 3.60. The standard InChI is InChI=1S/C11H19N3O2S/c1-4-11(2,3)6-13-10-14-7(5-17-10)8(12)9(15)16/h5,8H,4,6,12H2,1-3H3,(H,13,14)(H,15,16). The lowest BCUT2D eigenvalue weighted by Gasteiger charge is -2.22. The number of hydrogen-bond acceptors (Lipinski definition) is 5. The molecule has 1 aromatic heterocycles. The van der Waals surface area contributed by atoms with Gasteiger partial charge in [-0.1, -0.05) is 20.8 Å². The van der Waals surface area contributed by atoms with Crippen molar-refractivity contribution in [2.45, 2.75) is 33.2 Å². The molecule has 0 fully saturated rings. The van der Waals surface area contributed by atoms with Crippen LogP contribution in [0.1, 0.15) is 38.9 Å². The van der Waals surface area contributed by atoms with Gasteiger partial charge in [0.15, 0.2) is 5.13 Å². The minimum atomic E-state index is -1.06. The number of hydrogen-bond donors (Lipinski definition) is 3. The van der Waals surface area contributed by atoms with Gasteiger partial charge in [-0.2, -0.15) is 0 Å². The van der Waals surface area contributed by atoms with Gasteiger partial charge >= 0.3 is 5.97 Å². The molecule has 1 atom stereocenters. The van der Waals surface area contributed by atoms with Crippen LogP contribution in [0.15, 0.2) is 5.38 Å². The highest BCUT2D eigenvalue weighted by Gasteiger charge is 2.19. The van der Waals surface area contributed by atoms with Crippen molar-refractivity contribution in [1.29, 1.82) is 0 Å². The minimum Gasteiger partial charge on any atom is -0.480 e. The smallest absolute Gasteiger partial charge is 0.326 e. The van der Waals surface area contributed by atoms with Gasteiger partial charge in [0, 0.05) is 11.9 Å². The van der Waals surface area contributed by atoms with Crippen LogP contribution in [0.5, 0.6) is 0 Å². The van der Waals surface area contributed by atoms with Crippen LogP contribution < -0.4 is 11.1 Å². The Labute approximate surface area is 105 Å². The average Bonchev–Trinajstić information content (AvgIpc) is 2.74. The molecule has 1 rings (SSSR count). The van der Waals surface area contributed by atoms with E-state index in [0.717, 1.165) is 18.1 Å². The summed E-state index contributed by atoms with van der Waals surface area (Å²) >= 11 is 1.38. The lowest BCUT2D eigenvalue weighted by atomic mass is 9.90. The Morgan fingerprint density at radius 1 is 1.71 bits per heavy atom. The molecule has 6 heteroatoms. The third-order valence-electron chi connectivity index (χ3n) is 2.78. The number of carbonyl (C=O) groups is 1. The van der Waals surface area contributed by atoms with Gasteiger partial charge in [0.2, 0.25) is 0 Å². The fraction of sp³-hybridized carbons (Fsp3) is 0.636. The number of aliphatic carboxylic acids is 1. The number of nitrogens with zero attached hydrogens (tertiary/aromatic N) is 1. The van der Waals surface area contributed by atoms with Crippen LogP contribution in [0, 0.1) is 5.41 Å². The number of carboxylic acids is 1. The number of thiazole rings is 1. The summed E-state index contributed by atoms with van der Waals surface area (Å²) in [6, 6.07) is -1.04. The highest BCUT2D eigenvalue weighted by molar-refractivity contribution is 7.13. The molecule has 96 valence electrons. The second kappa shape index (κ2) is 5.46. The van der Waals surface area contributed by atoms with Crippen LogP contribution >= 0.6 is 11.3 Å². The first-order valence-corrected chi connectivity index (χ1v) is 6.41. The van der Waals surface area contributed by atoms with E-state index in [9.17, 15) is 4.79 Å². The quantitative estimate of drug-likeness (QED) is 0.726. The average molecular weight is 257 g/mol. The summed E-state index contributed by atoms with van der Waals surface area (Å²) in [6.07, 6.45) is 1.06. The molecule has 5 nitrogen and oxygen atoms in total. The molecule has 0 aliphatic rings. The third kappa shape index (κ3) is 3.98. The van der Waals surface area contributed by atoms with E-state index in [2.05, 4.69) is 31.1 Å². The largest absolute Gasteiger partial charge is 0.480 e. The fourth-order valence-corrected chi connectivity index (χ4v) is 1.82. The maximum Gasteiger partial charge on any atom is 0.326 e. The van der Waals surface area contributed by atoms with Gasteiger partial charge in [0.1, 0.15) is 6.04 Å². The molecule has 4 N–H and O–H groups in total. The molecule has 1 unspecified atom stereocenters. The molecular formula is C11H19N3O2S. The monoisotopic (exact) mass is 257 g/mol. The first-order valence-electron chi connectivity index (χ1n) is 5.53. The van der Waals surface area contributed by atoms with E-state index in [1.165, 1.54) is 11.3 Å². The summed E-state index contributed by atoms with van der Waals surface area (Å²) in [5.41, 5.74) is 6.07. The van der Waals surface area contributed by atoms with E-state index >= 15 is 0 Å². The molecule has 0 aliphatic heterocycles. The van der Waals surface area contributed by atoms with Crippen molar-refractivity contribution in [1.82, 2.24) is 4.98 Å². The summed E-state index contributed by atoms with van der Waals surface area (Å²) < 4.78 is 0. The predicted molar refractivity (Wildman–Crippen MR) is 69.2 cm³/mol. The summed E-state index contributed by atoms with van der Waals surface area (Å²) in [5, 5.41) is 14.4. The van der Waals surface area contributed by atoms with Gasteiger partial charge in [-0.3, -0.25) is 4.79 Å². The molecule has 0 amide bonds. The molecule has 0 aliphatic carbocycles. The fourth-order valence-electron chi connectivity index (χ4n) is 1.08. The minimum absolute atomic E-state index is 0.195.